The van der Waals surface area contributed by atoms with Gasteiger partial charge in [0, 0.05) is 34.0 Å². The first-order valence-corrected chi connectivity index (χ1v) is 22.8. The van der Waals surface area contributed by atoms with Crippen LogP contribution in [0.2, 0.25) is 40.8 Å². The highest BCUT2D eigenvalue weighted by Crippen LogP contribution is 2.27. The fourth-order valence-corrected chi connectivity index (χ4v) is 7.83. The molecule has 13 nitrogen and oxygen atoms in total. The number of alkyl halides is 2. The van der Waals surface area contributed by atoms with Crippen LogP contribution >= 0.6 is 139 Å². The maximum absolute atomic E-state index is 11.1. The lowest BCUT2D eigenvalue weighted by atomic mass is 10.2. The van der Waals surface area contributed by atoms with Gasteiger partial charge in [0.15, 0.2) is 6.29 Å². The molecule has 3 N–H and O–H groups in total. The van der Waals surface area contributed by atoms with Crippen LogP contribution in [0.3, 0.4) is 0 Å². The van der Waals surface area contributed by atoms with Crippen molar-refractivity contribution in [2.75, 3.05) is 12.4 Å². The van der Waals surface area contributed by atoms with Gasteiger partial charge in [-0.05, 0) is 87.5 Å². The van der Waals surface area contributed by atoms with Gasteiger partial charge < -0.3 is 9.84 Å². The zero-order chi connectivity index (χ0) is 48.1. The van der Waals surface area contributed by atoms with Crippen LogP contribution in [-0.2, 0) is 11.3 Å². The molecule has 0 atom stereocenters. The Hall–Kier alpha value is -2.58. The van der Waals surface area contributed by atoms with Gasteiger partial charge in [-0.25, -0.2) is 29.7 Å². The van der Waals surface area contributed by atoms with E-state index in [9.17, 15) is 9.59 Å². The lowest BCUT2D eigenvalue weighted by Crippen LogP contribution is -2.04. The van der Waals surface area contributed by atoms with Gasteiger partial charge in [-0.15, -0.1) is 23.2 Å². The zero-order valence-electron chi connectivity index (χ0n) is 34.4. The second-order valence-corrected chi connectivity index (χ2v) is 16.5. The van der Waals surface area contributed by atoms with Gasteiger partial charge in [0.2, 0.25) is 0 Å². The predicted molar refractivity (Wildman–Crippen MR) is 268 cm³/mol. The second kappa shape index (κ2) is 29.9. The summed E-state index contributed by atoms with van der Waals surface area (Å²) < 4.78 is 5.42. The Morgan fingerprint density at radius 2 is 1.17 bits per heavy atom. The maximum Gasteiger partial charge on any atom is 0.342 e. The second-order valence-electron chi connectivity index (χ2n) is 11.6. The number of hydrogen-bond donors (Lipinski definition) is 3. The Kier molecular flexibility index (Phi) is 27.7. The molecule has 0 saturated carbocycles. The fraction of sp³-hybridized carbons (Fsp3) is 0.256. The van der Waals surface area contributed by atoms with Gasteiger partial charge in [0.1, 0.15) is 35.0 Å². The molecule has 7 heterocycles. The molecule has 7 rings (SSSR count). The fourth-order valence-electron chi connectivity index (χ4n) is 4.46. The Bertz CT molecular complexity index is 2530. The molecule has 0 unspecified atom stereocenters. The molecule has 0 aliphatic rings. The average Bonchev–Trinajstić information content (AvgIpc) is 3.83. The molecule has 0 spiro atoms. The van der Waals surface area contributed by atoms with Crippen molar-refractivity contribution in [3.63, 3.8) is 0 Å². The van der Waals surface area contributed by atoms with Gasteiger partial charge in [-0.2, -0.15) is 10.2 Å². The summed E-state index contributed by atoms with van der Waals surface area (Å²) >= 11 is 57.7. The van der Waals surface area contributed by atoms with Crippen molar-refractivity contribution < 1.29 is 19.4 Å². The number of esters is 1. The van der Waals surface area contributed by atoms with Crippen molar-refractivity contribution in [3.05, 3.63) is 126 Å². The van der Waals surface area contributed by atoms with Crippen LogP contribution in [0.5, 0.6) is 0 Å². The van der Waals surface area contributed by atoms with E-state index in [1.807, 2.05) is 39.8 Å². The summed E-state index contributed by atoms with van der Waals surface area (Å²) in [6, 6.07) is 8.63. The van der Waals surface area contributed by atoms with Crippen LogP contribution in [0.4, 0.5) is 0 Å². The van der Waals surface area contributed by atoms with Gasteiger partial charge in [-0.3, -0.25) is 15.0 Å². The van der Waals surface area contributed by atoms with E-state index >= 15 is 0 Å². The monoisotopic (exact) mass is 1170 g/mol. The number of hydrogen-bond acceptors (Lipinski definition) is 11. The molecule has 0 aliphatic heterocycles. The van der Waals surface area contributed by atoms with Crippen LogP contribution in [0.25, 0.3) is 21.8 Å². The predicted octanol–water partition coefficient (Wildman–Crippen LogP) is 14.1. The smallest absolute Gasteiger partial charge is 0.342 e. The standard InChI is InChI=1S/C8H7Cl2NO2.C7H7Cl2NO.C7H5Cl2NO.C7H5ClIN3.C7H6ClN3.C2H6.CH2Cl2/c1-4-3-5(9)6(7(10)11-4)8(12)13-2;2*1-4-2-6(8)5(3-11)7(9)10-4;1-3-2-4-5(6(8)10-3)7(9)12-11-4;1-4-2-6-5(3-9-11-6)7(8)10-4;1-2;2-1-3/h3H,1-2H3;2,11H,3H2,1H3;2-3H,1H3;2H,1H3,(H,11,12);2-3H,1H3,(H,9,11);1-2H3;1H2. The van der Waals surface area contributed by atoms with Crippen molar-refractivity contribution in [2.24, 2.45) is 0 Å². The van der Waals surface area contributed by atoms with Crippen LogP contribution in [0.15, 0.2) is 36.5 Å². The quantitative estimate of drug-likeness (QED) is 0.0503. The summed E-state index contributed by atoms with van der Waals surface area (Å²) in [5.74, 6) is -0.581. The lowest BCUT2D eigenvalue weighted by Gasteiger charge is -2.04. The molecule has 7 aromatic heterocycles. The normalized spacial score (nSPS) is 9.84. The number of carbonyl (C=O) groups excluding carboxylic acids is 2. The minimum Gasteiger partial charge on any atom is -0.465 e. The number of rotatable bonds is 3. The number of aldehydes is 1. The van der Waals surface area contributed by atoms with Gasteiger partial charge >= 0.3 is 5.97 Å². The first kappa shape index (κ1) is 58.4. The summed E-state index contributed by atoms with van der Waals surface area (Å²) in [6.07, 6.45) is 2.27. The Morgan fingerprint density at radius 3 is 1.68 bits per heavy atom. The number of H-pyrrole nitrogens is 2. The Labute approximate surface area is 427 Å². The van der Waals surface area contributed by atoms with Gasteiger partial charge in [0.05, 0.1) is 67.7 Å². The number of carbonyl (C=O) groups is 2. The number of aliphatic hydroxyl groups is 1. The highest BCUT2D eigenvalue weighted by Gasteiger charge is 2.17. The first-order valence-electron chi connectivity index (χ1n) is 17.6. The molecule has 7 aromatic rings. The first-order chi connectivity index (χ1) is 29.7. The van der Waals surface area contributed by atoms with E-state index in [1.54, 1.807) is 45.2 Å². The summed E-state index contributed by atoms with van der Waals surface area (Å²) in [4.78, 5) is 41.4. The summed E-state index contributed by atoms with van der Waals surface area (Å²) in [5.41, 5.74) is 6.53. The molecule has 0 radical (unpaired) electrons. The van der Waals surface area contributed by atoms with Gasteiger partial charge in [-0.1, -0.05) is 107 Å². The van der Waals surface area contributed by atoms with E-state index in [0.29, 0.717) is 43.6 Å². The molecule has 0 aromatic carbocycles. The molecule has 340 valence electrons. The van der Waals surface area contributed by atoms with Crippen molar-refractivity contribution in [3.8, 4) is 0 Å². The largest absolute Gasteiger partial charge is 0.465 e. The van der Waals surface area contributed by atoms with Crippen molar-refractivity contribution in [1.29, 1.82) is 0 Å². The average molecular weight is 1180 g/mol. The molecule has 63 heavy (non-hydrogen) atoms. The number of fused-ring (bicyclic) bond motifs is 2. The number of pyridine rings is 5. The van der Waals surface area contributed by atoms with E-state index in [-0.39, 0.29) is 43.6 Å². The van der Waals surface area contributed by atoms with E-state index < -0.39 is 5.97 Å². The third-order valence-electron chi connectivity index (χ3n) is 7.05. The van der Waals surface area contributed by atoms with Crippen molar-refractivity contribution in [2.45, 2.75) is 55.1 Å². The van der Waals surface area contributed by atoms with Crippen molar-refractivity contribution in [1.82, 2.24) is 45.3 Å². The number of nitrogens with zero attached hydrogens (tertiary/aromatic N) is 7. The minimum atomic E-state index is -0.581. The number of methoxy groups -OCH3 is 1. The highest BCUT2D eigenvalue weighted by molar-refractivity contribution is 14.1. The van der Waals surface area contributed by atoms with E-state index in [4.69, 9.17) is 121 Å². The van der Waals surface area contributed by atoms with E-state index in [2.05, 4.69) is 72.6 Å². The van der Waals surface area contributed by atoms with Crippen LogP contribution < -0.4 is 0 Å². The van der Waals surface area contributed by atoms with Crippen LogP contribution in [-0.4, -0.2) is 75.1 Å². The van der Waals surface area contributed by atoms with Crippen LogP contribution in [0.1, 0.15) is 68.6 Å². The molecular weight excluding hydrogens is 1140 g/mol. The summed E-state index contributed by atoms with van der Waals surface area (Å²) in [6.45, 7) is 12.9. The highest BCUT2D eigenvalue weighted by atomic mass is 127. The maximum atomic E-state index is 11.1. The number of halogens is 11. The van der Waals surface area contributed by atoms with E-state index in [1.165, 1.54) is 7.11 Å². The number of ether oxygens (including phenoxy) is 1. The minimum absolute atomic E-state index is 0.0665. The van der Waals surface area contributed by atoms with Gasteiger partial charge in [0.25, 0.3) is 0 Å². The molecule has 0 saturated heterocycles. The Morgan fingerprint density at radius 1 is 0.698 bits per heavy atom. The Balaban J connectivity index is 0.000000384. The van der Waals surface area contributed by atoms with E-state index in [0.717, 1.165) is 42.6 Å². The number of aliphatic hydroxyl groups excluding tert-OH is 1. The molecule has 0 fully saturated rings. The third kappa shape index (κ3) is 18.7. The zero-order valence-corrected chi connectivity index (χ0v) is 44.1. The number of aromatic amines is 2. The number of nitrogens with one attached hydrogen (secondary N) is 2. The number of aromatic nitrogens is 9. The molecule has 0 amide bonds. The summed E-state index contributed by atoms with van der Waals surface area (Å²) in [5, 5.41) is 27.0. The summed E-state index contributed by atoms with van der Waals surface area (Å²) in [7, 11) is 1.26. The lowest BCUT2D eigenvalue weighted by molar-refractivity contribution is 0.0600. The molecule has 24 heteroatoms. The molecular formula is C39H38Cl10IN9O4. The molecule has 0 bridgehead atoms. The van der Waals surface area contributed by atoms with Crippen molar-refractivity contribution >= 4 is 173 Å². The van der Waals surface area contributed by atoms with Crippen LogP contribution in [0, 0.1) is 38.3 Å². The number of aryl methyl sites for hydroxylation is 5. The SMILES string of the molecule is CC.COC(=O)c1c(Cl)cc(C)nc1Cl.Cc1cc(Cl)c(C=O)c(Cl)n1.Cc1cc(Cl)c(CO)c(Cl)n1.Cc1cc2[nH]ncc2c(Cl)n1.Cc1cc2n[nH]c(I)c2c(Cl)n1.ClCCl. The third-order valence-corrected chi connectivity index (χ3v) is 10.2. The molecule has 0 aliphatic carbocycles. The topological polar surface area (TPSA) is 185 Å².